The predicted molar refractivity (Wildman–Crippen MR) is 22.2 cm³/mol. The Morgan fingerprint density at radius 3 is 2.62 bits per heavy atom. The van der Waals surface area contributed by atoms with Gasteiger partial charge in [-0.1, -0.05) is 0 Å². The average molecular weight is 153 g/mol. The first-order valence-corrected chi connectivity index (χ1v) is 3.92. The molecule has 0 heterocycles. The van der Waals surface area contributed by atoms with E-state index in [-0.39, 0.29) is 0 Å². The standard InChI is InChI=1S/C3H6NO.H2O.O.Ti/c1-2-3(4)5;;;/h2-3H,1,4H2;1H2;;/q-1;;;+2/p-1. The first kappa shape index (κ1) is 8.13. The molecule has 0 aromatic carbocycles. The second-order valence-corrected chi connectivity index (χ2v) is 2.28. The molecule has 0 aliphatic heterocycles. The van der Waals surface area contributed by atoms with Crippen LogP contribution in [0, 0.1) is 0 Å². The van der Waals surface area contributed by atoms with Crippen molar-refractivity contribution in [3.63, 3.8) is 0 Å². The van der Waals surface area contributed by atoms with Gasteiger partial charge in [0.05, 0.1) is 0 Å². The third-order valence-electron chi connectivity index (χ3n) is 0.469. The van der Waals surface area contributed by atoms with Gasteiger partial charge in [-0.2, -0.15) is 0 Å². The Labute approximate surface area is 54.1 Å². The quantitative estimate of drug-likeness (QED) is 0.318. The van der Waals surface area contributed by atoms with Gasteiger partial charge in [-0.25, -0.2) is 0 Å². The van der Waals surface area contributed by atoms with Crippen molar-refractivity contribution in [1.29, 1.82) is 0 Å². The van der Waals surface area contributed by atoms with Crippen LogP contribution in [0.5, 0.6) is 0 Å². The maximum absolute atomic E-state index is 9.87. The van der Waals surface area contributed by atoms with E-state index in [0.29, 0.717) is 0 Å². The van der Waals surface area contributed by atoms with Gasteiger partial charge >= 0.3 is 53.6 Å². The molecule has 5 heteroatoms. The fourth-order valence-corrected chi connectivity index (χ4v) is 0.678. The van der Waals surface area contributed by atoms with Crippen LogP contribution < -0.4 is 5.73 Å². The van der Waals surface area contributed by atoms with Crippen molar-refractivity contribution in [3.05, 3.63) is 12.7 Å². The van der Waals surface area contributed by atoms with E-state index in [9.17, 15) is 3.32 Å². The van der Waals surface area contributed by atoms with Crippen LogP contribution in [0.1, 0.15) is 0 Å². The summed E-state index contributed by atoms with van der Waals surface area (Å²) in [7, 11) is 0. The summed E-state index contributed by atoms with van der Waals surface area (Å²) >= 11 is -3.42. The van der Waals surface area contributed by atoms with E-state index in [0.717, 1.165) is 0 Å². The molecule has 0 rings (SSSR count). The summed E-state index contributed by atoms with van der Waals surface area (Å²) in [5.41, 5.74) is 5.02. The molecule has 0 saturated carbocycles. The van der Waals surface area contributed by atoms with Crippen LogP contribution in [0.25, 0.3) is 0 Å². The van der Waals surface area contributed by atoms with E-state index in [4.69, 9.17) is 9.42 Å². The van der Waals surface area contributed by atoms with E-state index in [1.165, 1.54) is 6.08 Å². The van der Waals surface area contributed by atoms with Crippen LogP contribution in [0.2, 0.25) is 0 Å². The van der Waals surface area contributed by atoms with Crippen LogP contribution >= 0.6 is 0 Å². The van der Waals surface area contributed by atoms with Crippen LogP contribution in [0.15, 0.2) is 12.7 Å². The van der Waals surface area contributed by atoms with E-state index in [1.54, 1.807) is 0 Å². The van der Waals surface area contributed by atoms with Gasteiger partial charge in [0.2, 0.25) is 0 Å². The molecule has 3 N–H and O–H groups in total. The molecule has 0 amide bonds. The van der Waals surface area contributed by atoms with Gasteiger partial charge in [0.25, 0.3) is 0 Å². The summed E-state index contributed by atoms with van der Waals surface area (Å²) in [6, 6.07) is 0. The van der Waals surface area contributed by atoms with Crippen molar-refractivity contribution in [3.8, 4) is 0 Å². The monoisotopic (exact) mass is 153 g/mol. The summed E-state index contributed by atoms with van der Waals surface area (Å²) in [5, 5.41) is 0. The van der Waals surface area contributed by atoms with Crippen LogP contribution in [0.4, 0.5) is 0 Å². The first-order valence-electron chi connectivity index (χ1n) is 1.94. The van der Waals surface area contributed by atoms with Gasteiger partial charge < -0.3 is 0 Å². The minimum atomic E-state index is -3.42. The fourth-order valence-electron chi connectivity index (χ4n) is 0.165. The summed E-state index contributed by atoms with van der Waals surface area (Å²) in [6.45, 7) is 3.24. The number of hydrogen-bond donors (Lipinski definition) is 2. The Morgan fingerprint density at radius 2 is 2.50 bits per heavy atom. The topological polar surface area (TPSA) is 72.5 Å². The van der Waals surface area contributed by atoms with Crippen LogP contribution in [0.3, 0.4) is 0 Å². The molecule has 0 radical (unpaired) electrons. The summed E-state index contributed by atoms with van der Waals surface area (Å²) in [6.07, 6.45) is 0.452. The molecule has 0 fully saturated rings. The van der Waals surface area contributed by atoms with Gasteiger partial charge in [0, 0.05) is 0 Å². The predicted octanol–water partition coefficient (Wildman–Crippen LogP) is -0.740. The van der Waals surface area contributed by atoms with Crippen molar-refractivity contribution >= 4 is 0 Å². The van der Waals surface area contributed by atoms with E-state index in [2.05, 4.69) is 9.90 Å². The van der Waals surface area contributed by atoms with Gasteiger partial charge in [-0.15, -0.1) is 0 Å². The maximum atomic E-state index is 9.87. The third kappa shape index (κ3) is 4.30. The van der Waals surface area contributed by atoms with Crippen molar-refractivity contribution in [1.82, 2.24) is 0 Å². The zero-order chi connectivity index (χ0) is 6.57. The van der Waals surface area contributed by atoms with Gasteiger partial charge in [0.1, 0.15) is 0 Å². The second-order valence-electron chi connectivity index (χ2n) is 1.08. The second kappa shape index (κ2) is 4.06. The summed E-state index contributed by atoms with van der Waals surface area (Å²) < 4.78 is 22.2. The number of rotatable bonds is 3. The normalized spacial score (nSPS) is 12.8. The van der Waals surface area contributed by atoms with Crippen molar-refractivity contribution < 1.29 is 28.9 Å². The van der Waals surface area contributed by atoms with E-state index < -0.39 is 24.8 Å². The molecule has 0 spiro atoms. The molecule has 0 aromatic heterocycles. The zero-order valence-corrected chi connectivity index (χ0v) is 5.76. The number of nitrogens with two attached hydrogens (primary N) is 1. The molecule has 1 unspecified atom stereocenters. The Bertz CT molecular complexity index is 105. The van der Waals surface area contributed by atoms with Crippen molar-refractivity contribution in [2.24, 2.45) is 5.73 Å². The molecule has 0 aromatic rings. The zero-order valence-electron chi connectivity index (χ0n) is 4.20. The molecule has 46 valence electrons. The Morgan fingerprint density at radius 1 is 2.00 bits per heavy atom. The van der Waals surface area contributed by atoms with Gasteiger partial charge in [-0.3, -0.25) is 0 Å². The van der Waals surface area contributed by atoms with Crippen molar-refractivity contribution in [2.75, 3.05) is 0 Å². The van der Waals surface area contributed by atoms with E-state index >= 15 is 0 Å². The molecule has 4 nitrogen and oxygen atoms in total. The van der Waals surface area contributed by atoms with Gasteiger partial charge in [0.15, 0.2) is 0 Å². The molecule has 8 heavy (non-hydrogen) atoms. The minimum absolute atomic E-state index is 0.799. The SMILES string of the molecule is C=CC(N)[O][Ti](=[O])[OH]. The average Bonchev–Trinajstić information content (AvgIpc) is 1.65. The number of hydrogen-bond acceptors (Lipinski definition) is 3. The van der Waals surface area contributed by atoms with Gasteiger partial charge in [-0.05, 0) is 0 Å². The fraction of sp³-hybridized carbons (Fsp3) is 0.333. The van der Waals surface area contributed by atoms with Crippen LogP contribution in [-0.2, 0) is 25.3 Å². The summed E-state index contributed by atoms with van der Waals surface area (Å²) in [5.74, 6) is 0. The Kier molecular flexibility index (Phi) is 4.13. The third-order valence-corrected chi connectivity index (χ3v) is 1.21. The van der Waals surface area contributed by atoms with Crippen molar-refractivity contribution in [2.45, 2.75) is 6.23 Å². The molecule has 0 saturated heterocycles. The molecular formula is C3H7NO3Ti. The summed E-state index contributed by atoms with van der Waals surface area (Å²) in [4.78, 5) is 0. The van der Waals surface area contributed by atoms with Crippen LogP contribution in [-0.4, -0.2) is 9.92 Å². The Hall–Kier alpha value is 0.134. The molecule has 0 aliphatic carbocycles. The first-order chi connectivity index (χ1) is 3.66. The molecule has 0 aliphatic rings. The molecule has 1 atom stereocenters. The molecular weight excluding hydrogens is 146 g/mol. The molecule has 0 bridgehead atoms. The van der Waals surface area contributed by atoms with E-state index in [1.807, 2.05) is 0 Å². The Balaban J connectivity index is 3.38.